The van der Waals surface area contributed by atoms with E-state index in [-0.39, 0.29) is 0 Å². The summed E-state index contributed by atoms with van der Waals surface area (Å²) in [6, 6.07) is 0. The number of hydrogen-bond acceptors (Lipinski definition) is 3. The van der Waals surface area contributed by atoms with E-state index in [1.165, 1.54) is 7.69 Å². The zero-order valence-corrected chi connectivity index (χ0v) is 7.13. The van der Waals surface area contributed by atoms with Crippen LogP contribution in [0.4, 0.5) is 0 Å². The van der Waals surface area contributed by atoms with Crippen molar-refractivity contribution in [3.63, 3.8) is 0 Å². The third kappa shape index (κ3) is 6.07. The van der Waals surface area contributed by atoms with E-state index in [0.717, 1.165) is 6.54 Å². The first kappa shape index (κ1) is 9.94. The van der Waals surface area contributed by atoms with Gasteiger partial charge in [-0.3, -0.25) is 0 Å². The highest BCUT2D eigenvalue weighted by atomic mass is 16.7. The molecular formula is C6H15BNO2. The Kier molecular flexibility index (Phi) is 5.68. The van der Waals surface area contributed by atoms with Gasteiger partial charge in [0.2, 0.25) is 0 Å². The molecule has 0 aliphatic rings. The number of rotatable bonds is 5. The fraction of sp³-hybridized carbons (Fsp3) is 1.00. The highest BCUT2D eigenvalue weighted by Crippen LogP contribution is 1.94. The van der Waals surface area contributed by atoms with E-state index in [2.05, 4.69) is 18.5 Å². The quantitative estimate of drug-likeness (QED) is 0.418. The SMILES string of the molecule is CO[B]ON(C)CC(C)C. The van der Waals surface area contributed by atoms with Gasteiger partial charge in [-0.25, -0.2) is 5.06 Å². The van der Waals surface area contributed by atoms with Gasteiger partial charge >= 0.3 is 7.69 Å². The fourth-order valence-electron chi connectivity index (χ4n) is 0.674. The minimum atomic E-state index is 0.607. The van der Waals surface area contributed by atoms with Crippen LogP contribution in [0.3, 0.4) is 0 Å². The van der Waals surface area contributed by atoms with Crippen LogP contribution in [0, 0.1) is 5.92 Å². The van der Waals surface area contributed by atoms with Gasteiger partial charge < -0.3 is 9.41 Å². The molecule has 4 heteroatoms. The average molecular weight is 144 g/mol. The molecule has 0 aromatic heterocycles. The summed E-state index contributed by atoms with van der Waals surface area (Å²) in [6.45, 7) is 5.17. The van der Waals surface area contributed by atoms with Crippen LogP contribution in [0.1, 0.15) is 13.8 Å². The molecule has 1 radical (unpaired) electrons. The summed E-state index contributed by atoms with van der Waals surface area (Å²) >= 11 is 0. The molecule has 0 saturated heterocycles. The van der Waals surface area contributed by atoms with E-state index in [9.17, 15) is 0 Å². The molecule has 3 nitrogen and oxygen atoms in total. The molecule has 0 N–H and O–H groups in total. The van der Waals surface area contributed by atoms with Crippen molar-refractivity contribution in [3.8, 4) is 0 Å². The predicted octanol–water partition coefficient (Wildman–Crippen LogP) is 0.686. The maximum absolute atomic E-state index is 4.99. The van der Waals surface area contributed by atoms with Gasteiger partial charge in [-0.1, -0.05) is 13.8 Å². The first-order valence-electron chi connectivity index (χ1n) is 3.39. The largest absolute Gasteiger partial charge is 0.506 e. The Balaban J connectivity index is 3.16. The molecule has 0 amide bonds. The normalized spacial score (nSPS) is 11.0. The molecule has 0 atom stereocenters. The van der Waals surface area contributed by atoms with Gasteiger partial charge in [0.15, 0.2) is 0 Å². The van der Waals surface area contributed by atoms with Crippen molar-refractivity contribution < 1.29 is 9.41 Å². The lowest BCUT2D eigenvalue weighted by Gasteiger charge is -2.17. The smallest absolute Gasteiger partial charge is 0.415 e. The van der Waals surface area contributed by atoms with Crippen LogP contribution in [0.5, 0.6) is 0 Å². The summed E-state index contributed by atoms with van der Waals surface area (Å²) in [5.41, 5.74) is 0. The Hall–Kier alpha value is -0.0551. The van der Waals surface area contributed by atoms with Crippen LogP contribution >= 0.6 is 0 Å². The van der Waals surface area contributed by atoms with E-state index in [1.54, 1.807) is 12.2 Å². The van der Waals surface area contributed by atoms with Crippen LogP contribution < -0.4 is 0 Å². The molecular weight excluding hydrogens is 129 g/mol. The van der Waals surface area contributed by atoms with Gasteiger partial charge in [0.25, 0.3) is 0 Å². The fourth-order valence-corrected chi connectivity index (χ4v) is 0.674. The molecule has 0 aromatic carbocycles. The summed E-state index contributed by atoms with van der Waals surface area (Å²) in [5.74, 6) is 0.607. The predicted molar refractivity (Wildman–Crippen MR) is 41.3 cm³/mol. The highest BCUT2D eigenvalue weighted by molar-refractivity contribution is 6.17. The molecule has 0 bridgehead atoms. The lowest BCUT2D eigenvalue weighted by Crippen LogP contribution is -2.25. The van der Waals surface area contributed by atoms with Gasteiger partial charge in [0.1, 0.15) is 0 Å². The maximum Gasteiger partial charge on any atom is 0.506 e. The maximum atomic E-state index is 4.99. The molecule has 0 aromatic rings. The third-order valence-electron chi connectivity index (χ3n) is 0.941. The van der Waals surface area contributed by atoms with Gasteiger partial charge in [-0.15, -0.1) is 0 Å². The number of hydroxylamine groups is 2. The van der Waals surface area contributed by atoms with Gasteiger partial charge in [-0.2, -0.15) is 0 Å². The molecule has 0 aliphatic heterocycles. The minimum absolute atomic E-state index is 0.607. The highest BCUT2D eigenvalue weighted by Gasteiger charge is 2.01. The standard InChI is InChI=1S/C6H15BNO2/c1-6(2)5-8(3)10-7-9-4/h6H,5H2,1-4H3. The van der Waals surface area contributed by atoms with Crippen LogP contribution in [0.15, 0.2) is 0 Å². The summed E-state index contributed by atoms with van der Waals surface area (Å²) in [5, 5.41) is 1.73. The monoisotopic (exact) mass is 144 g/mol. The van der Waals surface area contributed by atoms with E-state index in [1.807, 2.05) is 7.05 Å². The Labute approximate surface area is 63.6 Å². The van der Waals surface area contributed by atoms with E-state index in [4.69, 9.17) is 4.76 Å². The third-order valence-corrected chi connectivity index (χ3v) is 0.941. The second-order valence-electron chi connectivity index (χ2n) is 2.64. The van der Waals surface area contributed by atoms with Crippen molar-refractivity contribution in [1.29, 1.82) is 0 Å². The lowest BCUT2D eigenvalue weighted by molar-refractivity contribution is -0.0540. The van der Waals surface area contributed by atoms with E-state index in [0.29, 0.717) is 5.92 Å². The summed E-state index contributed by atoms with van der Waals surface area (Å²) in [7, 11) is 4.74. The van der Waals surface area contributed by atoms with Crippen LogP contribution in [0.2, 0.25) is 0 Å². The van der Waals surface area contributed by atoms with Crippen molar-refractivity contribution in [1.82, 2.24) is 5.06 Å². The van der Waals surface area contributed by atoms with Gasteiger partial charge in [0.05, 0.1) is 0 Å². The van der Waals surface area contributed by atoms with Crippen molar-refractivity contribution in [3.05, 3.63) is 0 Å². The topological polar surface area (TPSA) is 21.7 Å². The zero-order valence-electron chi connectivity index (χ0n) is 7.13. The second kappa shape index (κ2) is 5.71. The van der Waals surface area contributed by atoms with Crippen molar-refractivity contribution in [2.24, 2.45) is 5.92 Å². The Morgan fingerprint density at radius 3 is 2.50 bits per heavy atom. The first-order valence-corrected chi connectivity index (χ1v) is 3.39. The summed E-state index contributed by atoms with van der Waals surface area (Å²) in [4.78, 5) is 0. The molecule has 59 valence electrons. The number of nitrogens with zero attached hydrogens (tertiary/aromatic N) is 1. The molecule has 10 heavy (non-hydrogen) atoms. The Bertz CT molecular complexity index is 80.1. The van der Waals surface area contributed by atoms with E-state index >= 15 is 0 Å². The second-order valence-corrected chi connectivity index (χ2v) is 2.64. The molecule has 0 spiro atoms. The molecule has 0 heterocycles. The summed E-state index contributed by atoms with van der Waals surface area (Å²) < 4.78 is 9.59. The molecule has 0 rings (SSSR count). The zero-order chi connectivity index (χ0) is 7.98. The van der Waals surface area contributed by atoms with Crippen molar-refractivity contribution >= 4 is 7.69 Å². The number of hydrogen-bond donors (Lipinski definition) is 0. The Morgan fingerprint density at radius 2 is 2.10 bits per heavy atom. The van der Waals surface area contributed by atoms with Gasteiger partial charge in [-0.05, 0) is 5.92 Å². The van der Waals surface area contributed by atoms with Crippen LogP contribution in [-0.4, -0.2) is 33.5 Å². The molecule has 0 saturated carbocycles. The lowest BCUT2D eigenvalue weighted by atomic mass is 10.2. The molecule has 0 fully saturated rings. The first-order chi connectivity index (χ1) is 4.66. The average Bonchev–Trinajstić information content (AvgIpc) is 1.82. The summed E-state index contributed by atoms with van der Waals surface area (Å²) in [6.07, 6.45) is 0. The Morgan fingerprint density at radius 1 is 1.50 bits per heavy atom. The van der Waals surface area contributed by atoms with Crippen molar-refractivity contribution in [2.45, 2.75) is 13.8 Å². The minimum Gasteiger partial charge on any atom is -0.415 e. The molecule has 0 aliphatic carbocycles. The van der Waals surface area contributed by atoms with Crippen LogP contribution in [-0.2, 0) is 9.41 Å². The van der Waals surface area contributed by atoms with E-state index < -0.39 is 0 Å². The molecule has 0 unspecified atom stereocenters. The van der Waals surface area contributed by atoms with Gasteiger partial charge in [0, 0.05) is 20.7 Å². The van der Waals surface area contributed by atoms with Crippen molar-refractivity contribution in [2.75, 3.05) is 20.7 Å². The van der Waals surface area contributed by atoms with Crippen LogP contribution in [0.25, 0.3) is 0 Å².